The number of carbonyl (C=O) groups excluding carboxylic acids is 1. The summed E-state index contributed by atoms with van der Waals surface area (Å²) in [7, 11) is 0. The van der Waals surface area contributed by atoms with Crippen molar-refractivity contribution in [3.05, 3.63) is 89.2 Å². The van der Waals surface area contributed by atoms with Gasteiger partial charge in [-0.05, 0) is 54.4 Å². The Balaban J connectivity index is 1.41. The predicted molar refractivity (Wildman–Crippen MR) is 132 cm³/mol. The average Bonchev–Trinajstić information content (AvgIpc) is 3.41. The summed E-state index contributed by atoms with van der Waals surface area (Å²) in [6.07, 6.45) is 1.35. The Hall–Kier alpha value is -3.31. The van der Waals surface area contributed by atoms with Crippen LogP contribution in [0.3, 0.4) is 0 Å². The van der Waals surface area contributed by atoms with Crippen LogP contribution in [-0.4, -0.2) is 28.6 Å². The number of aromatic nitrogens is 2. The minimum absolute atomic E-state index is 0.0327. The molecule has 1 fully saturated rings. The Kier molecular flexibility index (Phi) is 6.05. The van der Waals surface area contributed by atoms with Crippen molar-refractivity contribution in [2.24, 2.45) is 0 Å². The van der Waals surface area contributed by atoms with Crippen molar-refractivity contribution in [2.45, 2.75) is 32.2 Å². The van der Waals surface area contributed by atoms with Crippen molar-refractivity contribution in [3.63, 3.8) is 0 Å². The van der Waals surface area contributed by atoms with Gasteiger partial charge in [-0.3, -0.25) is 4.79 Å². The number of ether oxygens (including phenoxy) is 1. The Morgan fingerprint density at radius 1 is 1.03 bits per heavy atom. The molecular formula is C27H26ClN3O2. The number of anilines is 1. The Morgan fingerprint density at radius 2 is 1.79 bits per heavy atom. The zero-order chi connectivity index (χ0) is 22.8. The zero-order valence-corrected chi connectivity index (χ0v) is 19.3. The molecular weight excluding hydrogens is 434 g/mol. The van der Waals surface area contributed by atoms with E-state index in [0.717, 1.165) is 34.7 Å². The second-order valence-electron chi connectivity index (χ2n) is 8.30. The van der Waals surface area contributed by atoms with Gasteiger partial charge in [0.25, 0.3) is 0 Å². The highest BCUT2D eigenvalue weighted by molar-refractivity contribution is 6.30. The highest BCUT2D eigenvalue weighted by Gasteiger charge is 2.35. The molecule has 1 aliphatic heterocycles. The number of carbonyl (C=O) groups is 1. The van der Waals surface area contributed by atoms with E-state index in [4.69, 9.17) is 21.3 Å². The highest BCUT2D eigenvalue weighted by atomic mass is 35.5. The van der Waals surface area contributed by atoms with Crippen LogP contribution < -0.4 is 9.64 Å². The first-order valence-corrected chi connectivity index (χ1v) is 11.7. The van der Waals surface area contributed by atoms with Crippen molar-refractivity contribution < 1.29 is 9.53 Å². The van der Waals surface area contributed by atoms with Gasteiger partial charge >= 0.3 is 0 Å². The quantitative estimate of drug-likeness (QED) is 0.348. The van der Waals surface area contributed by atoms with Gasteiger partial charge in [0.15, 0.2) is 0 Å². The van der Waals surface area contributed by atoms with E-state index in [2.05, 4.69) is 23.6 Å². The van der Waals surface area contributed by atoms with Gasteiger partial charge in [-0.25, -0.2) is 4.98 Å². The van der Waals surface area contributed by atoms with Crippen molar-refractivity contribution in [3.8, 4) is 5.75 Å². The SMILES string of the molecule is CCc1ccccc1N1C[C@H](c2nc3ccccc3n2CCOc2ccc(Cl)cc2)CC1=O. The van der Waals surface area contributed by atoms with Gasteiger partial charge < -0.3 is 14.2 Å². The van der Waals surface area contributed by atoms with Crippen LogP contribution in [0.25, 0.3) is 11.0 Å². The van der Waals surface area contributed by atoms with Gasteiger partial charge in [0.05, 0.1) is 17.6 Å². The third-order valence-electron chi connectivity index (χ3n) is 6.23. The fraction of sp³-hybridized carbons (Fsp3) is 0.259. The lowest BCUT2D eigenvalue weighted by molar-refractivity contribution is -0.117. The summed E-state index contributed by atoms with van der Waals surface area (Å²) < 4.78 is 8.16. The lowest BCUT2D eigenvalue weighted by atomic mass is 10.1. The summed E-state index contributed by atoms with van der Waals surface area (Å²) in [5.74, 6) is 1.91. The molecule has 1 saturated heterocycles. The van der Waals surface area contributed by atoms with E-state index in [1.54, 1.807) is 0 Å². The van der Waals surface area contributed by atoms with Gasteiger partial charge in [0.1, 0.15) is 18.2 Å². The zero-order valence-electron chi connectivity index (χ0n) is 18.6. The molecule has 0 saturated carbocycles. The molecule has 3 aromatic carbocycles. The lowest BCUT2D eigenvalue weighted by Crippen LogP contribution is -2.25. The van der Waals surface area contributed by atoms with Gasteiger partial charge in [-0.2, -0.15) is 0 Å². The van der Waals surface area contributed by atoms with Crippen molar-refractivity contribution in [1.82, 2.24) is 9.55 Å². The molecule has 168 valence electrons. The molecule has 0 aliphatic carbocycles. The first-order valence-electron chi connectivity index (χ1n) is 11.4. The second kappa shape index (κ2) is 9.28. The van der Waals surface area contributed by atoms with Gasteiger partial charge in [0.2, 0.25) is 5.91 Å². The molecule has 0 unspecified atom stereocenters. The van der Waals surface area contributed by atoms with Crippen molar-refractivity contribution >= 4 is 34.2 Å². The number of hydrogen-bond acceptors (Lipinski definition) is 3. The largest absolute Gasteiger partial charge is 0.492 e. The van der Waals surface area contributed by atoms with E-state index in [1.165, 1.54) is 5.56 Å². The molecule has 1 aliphatic rings. The summed E-state index contributed by atoms with van der Waals surface area (Å²) in [6.45, 7) is 3.90. The smallest absolute Gasteiger partial charge is 0.227 e. The third kappa shape index (κ3) is 4.33. The number of rotatable bonds is 7. The standard InChI is InChI=1S/C27H26ClN3O2/c1-2-19-7-3-5-9-24(19)31-18-20(17-26(31)32)27-29-23-8-4-6-10-25(23)30(27)15-16-33-22-13-11-21(28)12-14-22/h3-14,20H,2,15-18H2,1H3/t20-/m1/s1. The van der Waals surface area contributed by atoms with Crippen LogP contribution in [0, 0.1) is 0 Å². The van der Waals surface area contributed by atoms with Gasteiger partial charge in [-0.1, -0.05) is 48.9 Å². The summed E-state index contributed by atoms with van der Waals surface area (Å²) in [5.41, 5.74) is 4.21. The topological polar surface area (TPSA) is 47.4 Å². The van der Waals surface area contributed by atoms with Crippen LogP contribution in [0.5, 0.6) is 5.75 Å². The number of amides is 1. The molecule has 1 aromatic heterocycles. The summed E-state index contributed by atoms with van der Waals surface area (Å²) in [5, 5.41) is 0.686. The van der Waals surface area contributed by atoms with Crippen molar-refractivity contribution in [1.29, 1.82) is 0 Å². The van der Waals surface area contributed by atoms with Crippen molar-refractivity contribution in [2.75, 3.05) is 18.1 Å². The van der Waals surface area contributed by atoms with Crippen LogP contribution in [0.1, 0.15) is 30.7 Å². The molecule has 0 N–H and O–H groups in total. The van der Waals surface area contributed by atoms with E-state index in [9.17, 15) is 4.79 Å². The maximum Gasteiger partial charge on any atom is 0.227 e. The van der Waals surface area contributed by atoms with Gasteiger partial charge in [-0.15, -0.1) is 0 Å². The van der Waals surface area contributed by atoms with E-state index >= 15 is 0 Å². The van der Waals surface area contributed by atoms with Crippen LogP contribution in [0.15, 0.2) is 72.8 Å². The van der Waals surface area contributed by atoms with E-state index in [1.807, 2.05) is 65.6 Å². The minimum atomic E-state index is 0.0327. The monoisotopic (exact) mass is 459 g/mol. The molecule has 0 spiro atoms. The fourth-order valence-electron chi connectivity index (χ4n) is 4.61. The molecule has 4 aromatic rings. The molecule has 2 heterocycles. The molecule has 1 atom stereocenters. The number of fused-ring (bicyclic) bond motifs is 1. The molecule has 0 bridgehead atoms. The second-order valence-corrected chi connectivity index (χ2v) is 8.74. The van der Waals surface area contributed by atoms with E-state index in [0.29, 0.717) is 31.1 Å². The third-order valence-corrected chi connectivity index (χ3v) is 6.49. The summed E-state index contributed by atoms with van der Waals surface area (Å²) in [4.78, 5) is 19.9. The number of hydrogen-bond donors (Lipinski definition) is 0. The maximum absolute atomic E-state index is 13.0. The number of imidazole rings is 1. The molecule has 1 amide bonds. The number of halogens is 1. The first kappa shape index (κ1) is 21.5. The van der Waals surface area contributed by atoms with Crippen LogP contribution in [0.4, 0.5) is 5.69 Å². The number of aryl methyl sites for hydroxylation is 1. The predicted octanol–water partition coefficient (Wildman–Crippen LogP) is 5.85. The Labute approximate surface area is 198 Å². The molecule has 0 radical (unpaired) electrons. The maximum atomic E-state index is 13.0. The van der Waals surface area contributed by atoms with E-state index < -0.39 is 0 Å². The fourth-order valence-corrected chi connectivity index (χ4v) is 4.74. The molecule has 5 rings (SSSR count). The molecule has 33 heavy (non-hydrogen) atoms. The van der Waals surface area contributed by atoms with E-state index in [-0.39, 0.29) is 11.8 Å². The number of nitrogens with zero attached hydrogens (tertiary/aromatic N) is 3. The molecule has 6 heteroatoms. The lowest BCUT2D eigenvalue weighted by Gasteiger charge is -2.20. The molecule has 5 nitrogen and oxygen atoms in total. The number of benzene rings is 3. The van der Waals surface area contributed by atoms with Crippen LogP contribution in [-0.2, 0) is 17.8 Å². The van der Waals surface area contributed by atoms with Crippen LogP contribution in [0.2, 0.25) is 5.02 Å². The summed E-state index contributed by atoms with van der Waals surface area (Å²) >= 11 is 5.97. The van der Waals surface area contributed by atoms with Gasteiger partial charge in [0, 0.05) is 29.6 Å². The average molecular weight is 460 g/mol. The normalized spacial score (nSPS) is 16.0. The Morgan fingerprint density at radius 3 is 2.61 bits per heavy atom. The summed E-state index contributed by atoms with van der Waals surface area (Å²) in [6, 6.07) is 23.7. The minimum Gasteiger partial charge on any atom is -0.492 e. The first-order chi connectivity index (χ1) is 16.1. The highest BCUT2D eigenvalue weighted by Crippen LogP contribution is 2.34. The Bertz CT molecular complexity index is 1280. The number of para-hydroxylation sites is 3. The van der Waals surface area contributed by atoms with Crippen LogP contribution >= 0.6 is 11.6 Å².